The molecule has 5 heteroatoms. The highest BCUT2D eigenvalue weighted by Gasteiger charge is 2.20. The van der Waals surface area contributed by atoms with Crippen molar-refractivity contribution in [1.29, 1.82) is 0 Å². The van der Waals surface area contributed by atoms with Crippen LogP contribution in [0.3, 0.4) is 0 Å². The molecular formula is C14H22N4O. The number of hydrogen-bond acceptors (Lipinski definition) is 4. The largest absolute Gasteiger partial charge is 0.370 e. The van der Waals surface area contributed by atoms with Crippen LogP contribution in [0, 0.1) is 6.92 Å². The van der Waals surface area contributed by atoms with E-state index in [4.69, 9.17) is 0 Å². The number of amides is 1. The summed E-state index contributed by atoms with van der Waals surface area (Å²) < 4.78 is 0. The van der Waals surface area contributed by atoms with E-state index in [-0.39, 0.29) is 11.9 Å². The molecular weight excluding hydrogens is 240 g/mol. The summed E-state index contributed by atoms with van der Waals surface area (Å²) in [6.07, 6.45) is 4.79. The van der Waals surface area contributed by atoms with Crippen LogP contribution >= 0.6 is 0 Å². The quantitative estimate of drug-likeness (QED) is 0.671. The standard InChI is InChI=1S/C14H22N4O/c1-11-5-6-13(18-10-11)16-8-3-9-17-14(19)12-4-2-7-15-12/h5-6,10,12,15H,2-4,7-9H2,1H3,(H,16,18)(H,17,19)/t12-/m0/s1. The molecule has 1 aliphatic rings. The lowest BCUT2D eigenvalue weighted by Gasteiger charge is -2.11. The Morgan fingerprint density at radius 3 is 3.05 bits per heavy atom. The molecule has 0 bridgehead atoms. The maximum atomic E-state index is 11.7. The molecule has 1 atom stereocenters. The van der Waals surface area contributed by atoms with Crippen molar-refractivity contribution < 1.29 is 4.79 Å². The second-order valence-electron chi connectivity index (χ2n) is 4.94. The van der Waals surface area contributed by atoms with Gasteiger partial charge in [-0.3, -0.25) is 4.79 Å². The highest BCUT2D eigenvalue weighted by molar-refractivity contribution is 5.81. The Hall–Kier alpha value is -1.62. The minimum Gasteiger partial charge on any atom is -0.370 e. The molecule has 5 nitrogen and oxygen atoms in total. The van der Waals surface area contributed by atoms with Gasteiger partial charge >= 0.3 is 0 Å². The van der Waals surface area contributed by atoms with Crippen LogP contribution in [0.1, 0.15) is 24.8 Å². The Morgan fingerprint density at radius 2 is 2.37 bits per heavy atom. The predicted octanol–water partition coefficient (Wildman–Crippen LogP) is 1.06. The molecule has 0 aliphatic carbocycles. The summed E-state index contributed by atoms with van der Waals surface area (Å²) in [4.78, 5) is 16.0. The molecule has 1 aromatic rings. The van der Waals surface area contributed by atoms with Gasteiger partial charge in [-0.05, 0) is 44.4 Å². The number of carbonyl (C=O) groups excluding carboxylic acids is 1. The topological polar surface area (TPSA) is 66.0 Å². The van der Waals surface area contributed by atoms with Crippen molar-refractivity contribution in [2.75, 3.05) is 25.0 Å². The van der Waals surface area contributed by atoms with E-state index in [2.05, 4.69) is 20.9 Å². The van der Waals surface area contributed by atoms with E-state index in [0.717, 1.165) is 43.7 Å². The van der Waals surface area contributed by atoms with Gasteiger partial charge < -0.3 is 16.0 Å². The van der Waals surface area contributed by atoms with Crippen LogP contribution in [0.15, 0.2) is 18.3 Å². The van der Waals surface area contributed by atoms with Crippen molar-refractivity contribution in [1.82, 2.24) is 15.6 Å². The lowest BCUT2D eigenvalue weighted by atomic mass is 10.2. The normalized spacial score (nSPS) is 18.3. The molecule has 0 aromatic carbocycles. The molecule has 1 saturated heterocycles. The zero-order valence-electron chi connectivity index (χ0n) is 11.4. The van der Waals surface area contributed by atoms with Crippen LogP contribution in [0.4, 0.5) is 5.82 Å². The molecule has 104 valence electrons. The van der Waals surface area contributed by atoms with Crippen LogP contribution in [0.25, 0.3) is 0 Å². The van der Waals surface area contributed by atoms with Crippen molar-refractivity contribution in [3.63, 3.8) is 0 Å². The molecule has 1 amide bonds. The number of nitrogens with zero attached hydrogens (tertiary/aromatic N) is 1. The average molecular weight is 262 g/mol. The van der Waals surface area contributed by atoms with E-state index >= 15 is 0 Å². The molecule has 0 saturated carbocycles. The van der Waals surface area contributed by atoms with Gasteiger partial charge in [0.05, 0.1) is 6.04 Å². The first-order valence-electron chi connectivity index (χ1n) is 6.93. The van der Waals surface area contributed by atoms with E-state index in [1.807, 2.05) is 25.3 Å². The van der Waals surface area contributed by atoms with Gasteiger partial charge in [0, 0.05) is 19.3 Å². The third-order valence-corrected chi connectivity index (χ3v) is 3.25. The van der Waals surface area contributed by atoms with Gasteiger partial charge in [0.1, 0.15) is 5.82 Å². The molecule has 1 fully saturated rings. The van der Waals surface area contributed by atoms with Gasteiger partial charge in [-0.2, -0.15) is 0 Å². The fourth-order valence-corrected chi connectivity index (χ4v) is 2.12. The molecule has 0 spiro atoms. The second-order valence-corrected chi connectivity index (χ2v) is 4.94. The molecule has 19 heavy (non-hydrogen) atoms. The average Bonchev–Trinajstić information content (AvgIpc) is 2.94. The SMILES string of the molecule is Cc1ccc(NCCCNC(=O)[C@@H]2CCCN2)nc1. The number of rotatable bonds is 6. The lowest BCUT2D eigenvalue weighted by molar-refractivity contribution is -0.122. The van der Waals surface area contributed by atoms with Gasteiger partial charge in [-0.15, -0.1) is 0 Å². The number of nitrogens with one attached hydrogen (secondary N) is 3. The lowest BCUT2D eigenvalue weighted by Crippen LogP contribution is -2.41. The summed E-state index contributed by atoms with van der Waals surface area (Å²) in [6, 6.07) is 4.02. The second kappa shape index (κ2) is 7.09. The van der Waals surface area contributed by atoms with Crippen molar-refractivity contribution in [2.45, 2.75) is 32.2 Å². The van der Waals surface area contributed by atoms with Crippen molar-refractivity contribution in [2.24, 2.45) is 0 Å². The Bertz CT molecular complexity index is 398. The van der Waals surface area contributed by atoms with Crippen LogP contribution < -0.4 is 16.0 Å². The van der Waals surface area contributed by atoms with Crippen molar-refractivity contribution in [3.05, 3.63) is 23.9 Å². The number of pyridine rings is 1. The first-order chi connectivity index (χ1) is 9.25. The minimum absolute atomic E-state index is 0.0201. The zero-order chi connectivity index (χ0) is 13.5. The first kappa shape index (κ1) is 13.8. The van der Waals surface area contributed by atoms with E-state index in [0.29, 0.717) is 6.54 Å². The third kappa shape index (κ3) is 4.52. The summed E-state index contributed by atoms with van der Waals surface area (Å²) in [5.41, 5.74) is 1.15. The Labute approximate surface area is 114 Å². The third-order valence-electron chi connectivity index (χ3n) is 3.25. The van der Waals surface area contributed by atoms with Gasteiger partial charge in [0.25, 0.3) is 0 Å². The summed E-state index contributed by atoms with van der Waals surface area (Å²) in [6.45, 7) is 4.49. The monoisotopic (exact) mass is 262 g/mol. The van der Waals surface area contributed by atoms with Crippen molar-refractivity contribution >= 4 is 11.7 Å². The number of carbonyl (C=O) groups is 1. The van der Waals surface area contributed by atoms with Crippen LogP contribution in [-0.2, 0) is 4.79 Å². The van der Waals surface area contributed by atoms with E-state index in [9.17, 15) is 4.79 Å². The number of hydrogen-bond donors (Lipinski definition) is 3. The van der Waals surface area contributed by atoms with Crippen LogP contribution in [0.5, 0.6) is 0 Å². The van der Waals surface area contributed by atoms with Crippen LogP contribution in [0.2, 0.25) is 0 Å². The summed E-state index contributed by atoms with van der Waals surface area (Å²) in [5.74, 6) is 1.01. The molecule has 3 N–H and O–H groups in total. The highest BCUT2D eigenvalue weighted by Crippen LogP contribution is 2.05. The van der Waals surface area contributed by atoms with Crippen molar-refractivity contribution in [3.8, 4) is 0 Å². The van der Waals surface area contributed by atoms with Gasteiger partial charge in [0.15, 0.2) is 0 Å². The van der Waals surface area contributed by atoms with E-state index < -0.39 is 0 Å². The first-order valence-corrected chi connectivity index (χ1v) is 6.93. The van der Waals surface area contributed by atoms with Crippen LogP contribution in [-0.4, -0.2) is 36.6 Å². The smallest absolute Gasteiger partial charge is 0.237 e. The van der Waals surface area contributed by atoms with Gasteiger partial charge in [-0.25, -0.2) is 4.98 Å². The Morgan fingerprint density at radius 1 is 1.47 bits per heavy atom. The fraction of sp³-hybridized carbons (Fsp3) is 0.571. The summed E-state index contributed by atoms with van der Waals surface area (Å²) in [7, 11) is 0. The molecule has 2 heterocycles. The Kier molecular flexibility index (Phi) is 5.15. The number of aryl methyl sites for hydroxylation is 1. The van der Waals surface area contributed by atoms with E-state index in [1.165, 1.54) is 0 Å². The maximum Gasteiger partial charge on any atom is 0.237 e. The predicted molar refractivity (Wildman–Crippen MR) is 76.1 cm³/mol. The Balaban J connectivity index is 1.56. The molecule has 1 aliphatic heterocycles. The molecule has 1 aromatic heterocycles. The zero-order valence-corrected chi connectivity index (χ0v) is 11.4. The highest BCUT2D eigenvalue weighted by atomic mass is 16.2. The number of aromatic nitrogens is 1. The van der Waals surface area contributed by atoms with Gasteiger partial charge in [-0.1, -0.05) is 6.07 Å². The molecule has 2 rings (SSSR count). The van der Waals surface area contributed by atoms with Gasteiger partial charge in [0.2, 0.25) is 5.91 Å². The number of anilines is 1. The molecule has 0 unspecified atom stereocenters. The minimum atomic E-state index is 0.0201. The fourth-order valence-electron chi connectivity index (χ4n) is 2.12. The van der Waals surface area contributed by atoms with E-state index in [1.54, 1.807) is 0 Å². The summed E-state index contributed by atoms with van der Waals surface area (Å²) >= 11 is 0. The molecule has 0 radical (unpaired) electrons. The summed E-state index contributed by atoms with van der Waals surface area (Å²) in [5, 5.41) is 9.39. The maximum absolute atomic E-state index is 11.7.